The minimum absolute atomic E-state index is 0.807. The average Bonchev–Trinajstić information content (AvgIpc) is 3.20. The van der Waals surface area contributed by atoms with Crippen molar-refractivity contribution in [2.24, 2.45) is 0 Å². The Morgan fingerprint density at radius 2 is 1.53 bits per heavy atom. The zero-order valence-electron chi connectivity index (χ0n) is 20.7. The van der Waals surface area contributed by atoms with Crippen LogP contribution in [0.4, 0.5) is 0 Å². The molecule has 0 saturated carbocycles. The van der Waals surface area contributed by atoms with Crippen LogP contribution < -0.4 is 5.32 Å². The van der Waals surface area contributed by atoms with Crippen LogP contribution in [0.15, 0.2) is 59.5 Å². The first-order valence-corrected chi connectivity index (χ1v) is 13.2. The van der Waals surface area contributed by atoms with Crippen molar-refractivity contribution < 1.29 is 4.21 Å². The molecule has 1 fully saturated rings. The highest BCUT2D eigenvalue weighted by atomic mass is 32.2. The number of pyridine rings is 1. The molecule has 5 nitrogen and oxygen atoms in total. The predicted octanol–water partition coefficient (Wildman–Crippen LogP) is 5.78. The molecule has 4 aromatic rings. The second kappa shape index (κ2) is 10.6. The van der Waals surface area contributed by atoms with Gasteiger partial charge < -0.3 is 10.3 Å². The molecule has 0 amide bonds. The predicted molar refractivity (Wildman–Crippen MR) is 143 cm³/mol. The number of benzene rings is 2. The molecule has 1 aliphatic heterocycles. The van der Waals surface area contributed by atoms with E-state index in [0.717, 1.165) is 64.8 Å². The van der Waals surface area contributed by atoms with E-state index in [0.29, 0.717) is 0 Å². The molecule has 0 radical (unpaired) electrons. The third-order valence-electron chi connectivity index (χ3n) is 6.11. The summed E-state index contributed by atoms with van der Waals surface area (Å²) >= 11 is 0. The molecule has 0 bridgehead atoms. The maximum Gasteiger partial charge on any atom is 0.127 e. The zero-order valence-corrected chi connectivity index (χ0v) is 21.6. The summed E-state index contributed by atoms with van der Waals surface area (Å²) in [7, 11) is -1.13. The molecule has 2 aromatic heterocycles. The SMILES string of the molecule is CC.Cc1cc(-c2[nH]c3cc(-c4cccc(S(=O)N5CCNCC5)c4)ccc3c2C)cc(C)n1. The summed E-state index contributed by atoms with van der Waals surface area (Å²) < 4.78 is 15.1. The fourth-order valence-corrected chi connectivity index (χ4v) is 5.76. The van der Waals surface area contributed by atoms with E-state index >= 15 is 0 Å². The molecule has 3 heterocycles. The first kappa shape index (κ1) is 24.3. The lowest BCUT2D eigenvalue weighted by atomic mass is 10.0. The van der Waals surface area contributed by atoms with Crippen LogP contribution in [0.5, 0.6) is 0 Å². The first-order chi connectivity index (χ1) is 16.5. The Bertz CT molecular complexity index is 1300. The maximum atomic E-state index is 13.1. The van der Waals surface area contributed by atoms with E-state index in [2.05, 4.69) is 64.7 Å². The molecule has 1 saturated heterocycles. The second-order valence-electron chi connectivity index (χ2n) is 8.48. The van der Waals surface area contributed by atoms with Crippen molar-refractivity contribution in [1.82, 2.24) is 19.6 Å². The van der Waals surface area contributed by atoms with E-state index in [9.17, 15) is 4.21 Å². The summed E-state index contributed by atoms with van der Waals surface area (Å²) in [5.74, 6) is 0. The Balaban J connectivity index is 0.00000133. The van der Waals surface area contributed by atoms with E-state index in [-0.39, 0.29) is 0 Å². The van der Waals surface area contributed by atoms with Crippen LogP contribution in [-0.4, -0.2) is 44.7 Å². The number of H-pyrrole nitrogens is 1. The van der Waals surface area contributed by atoms with Gasteiger partial charge >= 0.3 is 0 Å². The normalized spacial score (nSPS) is 15.1. The van der Waals surface area contributed by atoms with Crippen molar-refractivity contribution in [3.05, 3.63) is 71.5 Å². The van der Waals surface area contributed by atoms with E-state index in [4.69, 9.17) is 0 Å². The lowest BCUT2D eigenvalue weighted by molar-refractivity contribution is 0.380. The van der Waals surface area contributed by atoms with Crippen LogP contribution in [0.1, 0.15) is 30.8 Å². The minimum Gasteiger partial charge on any atom is -0.354 e. The molecule has 2 N–H and O–H groups in total. The van der Waals surface area contributed by atoms with E-state index in [1.165, 1.54) is 16.5 Å². The number of hydrogen-bond donors (Lipinski definition) is 2. The summed E-state index contributed by atoms with van der Waals surface area (Å²) in [5.41, 5.74) is 8.89. The van der Waals surface area contributed by atoms with Gasteiger partial charge in [0.25, 0.3) is 0 Å². The molecular formula is C28H34N4OS. The molecule has 6 heteroatoms. The minimum atomic E-state index is -1.13. The Morgan fingerprint density at radius 1 is 0.853 bits per heavy atom. The molecule has 1 aliphatic rings. The van der Waals surface area contributed by atoms with Gasteiger partial charge in [-0.25, -0.2) is 8.51 Å². The summed E-state index contributed by atoms with van der Waals surface area (Å²) in [4.78, 5) is 9.00. The highest BCUT2D eigenvalue weighted by Crippen LogP contribution is 2.33. The number of aromatic amines is 1. The van der Waals surface area contributed by atoms with Gasteiger partial charge in [-0.2, -0.15) is 0 Å². The van der Waals surface area contributed by atoms with Crippen molar-refractivity contribution in [3.63, 3.8) is 0 Å². The Kier molecular flexibility index (Phi) is 7.61. The summed E-state index contributed by atoms with van der Waals surface area (Å²) in [6.45, 7) is 13.6. The zero-order chi connectivity index (χ0) is 24.2. The van der Waals surface area contributed by atoms with Crippen LogP contribution in [0, 0.1) is 20.8 Å². The van der Waals surface area contributed by atoms with Crippen LogP contribution in [0.3, 0.4) is 0 Å². The van der Waals surface area contributed by atoms with Crippen molar-refractivity contribution in [2.45, 2.75) is 39.5 Å². The lowest BCUT2D eigenvalue weighted by Crippen LogP contribution is -2.44. The molecule has 0 aliphatic carbocycles. The molecule has 0 spiro atoms. The molecule has 2 aromatic carbocycles. The molecule has 5 rings (SSSR count). The number of piperazine rings is 1. The van der Waals surface area contributed by atoms with Gasteiger partial charge in [0.1, 0.15) is 11.0 Å². The van der Waals surface area contributed by atoms with Gasteiger partial charge in [-0.3, -0.25) is 4.98 Å². The molecule has 34 heavy (non-hydrogen) atoms. The van der Waals surface area contributed by atoms with E-state index in [1.54, 1.807) is 0 Å². The third-order valence-corrected chi connectivity index (χ3v) is 7.60. The number of aryl methyl sites for hydroxylation is 3. The van der Waals surface area contributed by atoms with Crippen molar-refractivity contribution in [1.29, 1.82) is 0 Å². The average molecular weight is 475 g/mol. The number of rotatable bonds is 4. The second-order valence-corrected chi connectivity index (χ2v) is 9.97. The maximum absolute atomic E-state index is 13.1. The van der Waals surface area contributed by atoms with Crippen LogP contribution in [-0.2, 0) is 11.0 Å². The van der Waals surface area contributed by atoms with Gasteiger partial charge in [0.15, 0.2) is 0 Å². The van der Waals surface area contributed by atoms with Crippen molar-refractivity contribution >= 4 is 21.9 Å². The number of fused-ring (bicyclic) bond motifs is 1. The first-order valence-electron chi connectivity index (χ1n) is 12.1. The van der Waals surface area contributed by atoms with Gasteiger partial charge in [-0.15, -0.1) is 0 Å². The lowest BCUT2D eigenvalue weighted by Gasteiger charge is -2.26. The van der Waals surface area contributed by atoms with Gasteiger partial charge in [0, 0.05) is 59.7 Å². The fourth-order valence-electron chi connectivity index (χ4n) is 4.53. The molecule has 178 valence electrons. The van der Waals surface area contributed by atoms with Gasteiger partial charge in [0.2, 0.25) is 0 Å². The third kappa shape index (κ3) is 4.99. The fraction of sp³-hybridized carbons (Fsp3) is 0.321. The smallest absolute Gasteiger partial charge is 0.127 e. The number of hydrogen-bond acceptors (Lipinski definition) is 3. The Morgan fingerprint density at radius 3 is 2.24 bits per heavy atom. The summed E-state index contributed by atoms with van der Waals surface area (Å²) in [5, 5.41) is 4.54. The van der Waals surface area contributed by atoms with Crippen molar-refractivity contribution in [2.75, 3.05) is 26.2 Å². The summed E-state index contributed by atoms with van der Waals surface area (Å²) in [6.07, 6.45) is 0. The van der Waals surface area contributed by atoms with Crippen molar-refractivity contribution in [3.8, 4) is 22.4 Å². The van der Waals surface area contributed by atoms with Crippen LogP contribution >= 0.6 is 0 Å². The Hall–Kier alpha value is -2.80. The van der Waals surface area contributed by atoms with Crippen LogP contribution in [0.2, 0.25) is 0 Å². The largest absolute Gasteiger partial charge is 0.354 e. The molecular weight excluding hydrogens is 440 g/mol. The number of nitrogens with one attached hydrogen (secondary N) is 2. The highest BCUT2D eigenvalue weighted by Gasteiger charge is 2.18. The topological polar surface area (TPSA) is 61.0 Å². The summed E-state index contributed by atoms with van der Waals surface area (Å²) in [6, 6.07) is 18.9. The van der Waals surface area contributed by atoms with Crippen LogP contribution in [0.25, 0.3) is 33.3 Å². The number of nitrogens with zero attached hydrogens (tertiary/aromatic N) is 2. The standard InChI is InChI=1S/C26H28N4OS.C2H6/c1-17-13-22(14-18(2)28-17)26-19(3)24-8-7-21(16-25(24)29-26)20-5-4-6-23(15-20)32(31)30-11-9-27-10-12-30;1-2/h4-8,13-16,27,29H,9-12H2,1-3H3;1-2H3. The van der Waals surface area contributed by atoms with Gasteiger partial charge in [-0.1, -0.05) is 38.1 Å². The van der Waals surface area contributed by atoms with Gasteiger partial charge in [0.05, 0.1) is 4.90 Å². The van der Waals surface area contributed by atoms with Gasteiger partial charge in [-0.05, 0) is 67.8 Å². The Labute approximate surface area is 205 Å². The molecule has 1 unspecified atom stereocenters. The molecule has 1 atom stereocenters. The monoisotopic (exact) mass is 474 g/mol. The number of aromatic nitrogens is 2. The quantitative estimate of drug-likeness (QED) is 0.394. The van der Waals surface area contributed by atoms with E-state index in [1.807, 2.05) is 44.1 Å². The van der Waals surface area contributed by atoms with E-state index < -0.39 is 11.0 Å². The highest BCUT2D eigenvalue weighted by molar-refractivity contribution is 7.82.